The number of nitro benzene ring substituents is 1. The summed E-state index contributed by atoms with van der Waals surface area (Å²) in [6.07, 6.45) is 0. The van der Waals surface area contributed by atoms with Gasteiger partial charge in [0.1, 0.15) is 5.02 Å². The first kappa shape index (κ1) is 18.3. The van der Waals surface area contributed by atoms with Crippen molar-refractivity contribution in [3.63, 3.8) is 0 Å². The van der Waals surface area contributed by atoms with Crippen LogP contribution in [-0.2, 0) is 0 Å². The Kier molecular flexibility index (Phi) is 5.63. The Balaban J connectivity index is 2.14. The number of carbonyl (C=O) groups excluding carboxylic acids is 2. The van der Waals surface area contributed by atoms with Gasteiger partial charge in [-0.25, -0.2) is 0 Å². The Hall–Kier alpha value is -3.04. The zero-order chi connectivity index (χ0) is 18.6. The highest BCUT2D eigenvalue weighted by Gasteiger charge is 2.17. The van der Waals surface area contributed by atoms with E-state index >= 15 is 0 Å². The van der Waals surface area contributed by atoms with Gasteiger partial charge in [-0.1, -0.05) is 23.7 Å². The van der Waals surface area contributed by atoms with Gasteiger partial charge in [0.15, 0.2) is 5.11 Å². The second-order valence-electron chi connectivity index (χ2n) is 4.74. The predicted octanol–water partition coefficient (Wildman–Crippen LogP) is 2.47. The third kappa shape index (κ3) is 4.49. The lowest BCUT2D eigenvalue weighted by molar-refractivity contribution is -0.384. The maximum Gasteiger partial charge on any atom is 0.288 e. The fourth-order valence-electron chi connectivity index (χ4n) is 1.93. The minimum absolute atomic E-state index is 0.00318. The van der Waals surface area contributed by atoms with E-state index in [4.69, 9.17) is 29.6 Å². The Morgan fingerprint density at radius 3 is 2.52 bits per heavy atom. The molecule has 128 valence electrons. The van der Waals surface area contributed by atoms with E-state index in [9.17, 15) is 19.7 Å². The van der Waals surface area contributed by atoms with Gasteiger partial charge in [0.05, 0.1) is 16.2 Å². The van der Waals surface area contributed by atoms with Crippen molar-refractivity contribution in [1.29, 1.82) is 0 Å². The van der Waals surface area contributed by atoms with E-state index in [0.29, 0.717) is 5.69 Å². The number of benzene rings is 2. The number of nitrogens with zero attached hydrogens (tertiary/aromatic N) is 1. The number of anilines is 1. The minimum Gasteiger partial charge on any atom is -0.366 e. The van der Waals surface area contributed by atoms with Crippen LogP contribution in [0.5, 0.6) is 0 Å². The van der Waals surface area contributed by atoms with Crippen LogP contribution < -0.4 is 16.4 Å². The van der Waals surface area contributed by atoms with Crippen molar-refractivity contribution >= 4 is 52.1 Å². The topological polar surface area (TPSA) is 127 Å². The number of nitrogens with two attached hydrogens (primary N) is 1. The smallest absolute Gasteiger partial charge is 0.288 e. The number of thiocarbonyl (C=S) groups is 1. The van der Waals surface area contributed by atoms with Crippen LogP contribution in [0.15, 0.2) is 42.5 Å². The van der Waals surface area contributed by atoms with Crippen molar-refractivity contribution in [2.24, 2.45) is 5.73 Å². The molecule has 0 unspecified atom stereocenters. The van der Waals surface area contributed by atoms with Gasteiger partial charge in [-0.2, -0.15) is 0 Å². The van der Waals surface area contributed by atoms with Crippen LogP contribution >= 0.6 is 23.8 Å². The van der Waals surface area contributed by atoms with E-state index < -0.39 is 22.4 Å². The molecule has 10 heteroatoms. The van der Waals surface area contributed by atoms with Crippen LogP contribution in [0.2, 0.25) is 5.02 Å². The van der Waals surface area contributed by atoms with E-state index in [1.54, 1.807) is 18.2 Å². The Labute approximate surface area is 152 Å². The molecule has 0 heterocycles. The third-order valence-corrected chi connectivity index (χ3v) is 3.60. The first-order chi connectivity index (χ1) is 11.8. The van der Waals surface area contributed by atoms with Gasteiger partial charge >= 0.3 is 0 Å². The number of nitro groups is 1. The monoisotopic (exact) mass is 378 g/mol. The van der Waals surface area contributed by atoms with E-state index in [2.05, 4.69) is 10.6 Å². The normalized spacial score (nSPS) is 9.96. The van der Waals surface area contributed by atoms with Crippen LogP contribution in [0.4, 0.5) is 11.4 Å². The number of rotatable bonds is 4. The Morgan fingerprint density at radius 1 is 1.20 bits per heavy atom. The number of nitrogens with one attached hydrogen (secondary N) is 2. The molecule has 0 atom stereocenters. The summed E-state index contributed by atoms with van der Waals surface area (Å²) in [6, 6.07) is 9.95. The highest BCUT2D eigenvalue weighted by atomic mass is 35.5. The molecule has 0 spiro atoms. The van der Waals surface area contributed by atoms with Crippen LogP contribution in [0.25, 0.3) is 0 Å². The number of halogens is 1. The highest BCUT2D eigenvalue weighted by Crippen LogP contribution is 2.25. The minimum atomic E-state index is -0.696. The number of hydrogen-bond acceptors (Lipinski definition) is 5. The molecule has 0 aliphatic carbocycles. The number of para-hydroxylation sites is 1. The summed E-state index contributed by atoms with van der Waals surface area (Å²) in [5.41, 5.74) is 5.38. The van der Waals surface area contributed by atoms with Crippen molar-refractivity contribution < 1.29 is 14.5 Å². The van der Waals surface area contributed by atoms with Gasteiger partial charge in [-0.05, 0) is 36.5 Å². The molecule has 25 heavy (non-hydrogen) atoms. The van der Waals surface area contributed by atoms with Gasteiger partial charge in [-0.3, -0.25) is 25.0 Å². The van der Waals surface area contributed by atoms with E-state index in [1.165, 1.54) is 18.2 Å². The van der Waals surface area contributed by atoms with Crippen molar-refractivity contribution in [2.45, 2.75) is 0 Å². The second kappa shape index (κ2) is 7.69. The standard InChI is InChI=1S/C15H11ClN4O4S/c16-10-6-5-8(7-12(10)20(23)24)14(22)19-15(25)18-11-4-2-1-3-9(11)13(17)21/h1-7H,(H2,17,21)(H2,18,19,22,25). The number of carbonyl (C=O) groups is 2. The molecule has 2 amide bonds. The zero-order valence-corrected chi connectivity index (χ0v) is 14.1. The molecule has 0 saturated heterocycles. The molecule has 0 radical (unpaired) electrons. The summed E-state index contributed by atoms with van der Waals surface area (Å²) in [7, 11) is 0. The summed E-state index contributed by atoms with van der Waals surface area (Å²) in [4.78, 5) is 33.7. The van der Waals surface area contributed by atoms with Crippen molar-refractivity contribution in [3.05, 3.63) is 68.7 Å². The Bertz CT molecular complexity index is 888. The molecule has 0 aromatic heterocycles. The van der Waals surface area contributed by atoms with Gasteiger partial charge in [0.25, 0.3) is 17.5 Å². The van der Waals surface area contributed by atoms with Gasteiger partial charge in [0.2, 0.25) is 0 Å². The molecule has 0 aliphatic heterocycles. The predicted molar refractivity (Wildman–Crippen MR) is 96.8 cm³/mol. The molecule has 0 fully saturated rings. The quantitative estimate of drug-likeness (QED) is 0.426. The third-order valence-electron chi connectivity index (χ3n) is 3.07. The Morgan fingerprint density at radius 2 is 1.88 bits per heavy atom. The molecular formula is C15H11ClN4O4S. The summed E-state index contributed by atoms with van der Waals surface area (Å²) in [5, 5.41) is 15.7. The lowest BCUT2D eigenvalue weighted by Crippen LogP contribution is -2.34. The molecule has 0 bridgehead atoms. The van der Waals surface area contributed by atoms with Crippen LogP contribution in [0.3, 0.4) is 0 Å². The van der Waals surface area contributed by atoms with E-state index in [0.717, 1.165) is 6.07 Å². The van der Waals surface area contributed by atoms with Crippen molar-refractivity contribution in [3.8, 4) is 0 Å². The molecule has 2 aromatic carbocycles. The SMILES string of the molecule is NC(=O)c1ccccc1NC(=S)NC(=O)c1ccc(Cl)c([N+](=O)[O-])c1. The van der Waals surface area contributed by atoms with Crippen molar-refractivity contribution in [2.75, 3.05) is 5.32 Å². The van der Waals surface area contributed by atoms with E-state index in [1.807, 2.05) is 0 Å². The lowest BCUT2D eigenvalue weighted by Gasteiger charge is -2.12. The van der Waals surface area contributed by atoms with Crippen LogP contribution in [0.1, 0.15) is 20.7 Å². The largest absolute Gasteiger partial charge is 0.366 e. The fraction of sp³-hybridized carbons (Fsp3) is 0. The van der Waals surface area contributed by atoms with Crippen LogP contribution in [0, 0.1) is 10.1 Å². The number of hydrogen-bond donors (Lipinski definition) is 3. The lowest BCUT2D eigenvalue weighted by atomic mass is 10.1. The molecule has 0 saturated carbocycles. The second-order valence-corrected chi connectivity index (χ2v) is 5.56. The average molecular weight is 379 g/mol. The van der Waals surface area contributed by atoms with Gasteiger partial charge in [0, 0.05) is 11.6 Å². The number of amides is 2. The fourth-order valence-corrected chi connectivity index (χ4v) is 2.32. The van der Waals surface area contributed by atoms with Gasteiger partial charge < -0.3 is 11.1 Å². The van der Waals surface area contributed by atoms with Crippen molar-refractivity contribution in [1.82, 2.24) is 5.32 Å². The molecule has 2 aromatic rings. The summed E-state index contributed by atoms with van der Waals surface area (Å²) >= 11 is 10.7. The molecule has 0 aliphatic rings. The first-order valence-electron chi connectivity index (χ1n) is 6.74. The first-order valence-corrected chi connectivity index (χ1v) is 7.53. The summed E-state index contributed by atoms with van der Waals surface area (Å²) in [6.45, 7) is 0. The molecular weight excluding hydrogens is 368 g/mol. The summed E-state index contributed by atoms with van der Waals surface area (Å²) in [5.74, 6) is -1.33. The summed E-state index contributed by atoms with van der Waals surface area (Å²) < 4.78 is 0. The van der Waals surface area contributed by atoms with Crippen LogP contribution in [-0.4, -0.2) is 21.9 Å². The maximum atomic E-state index is 12.2. The number of primary amides is 1. The molecule has 8 nitrogen and oxygen atoms in total. The highest BCUT2D eigenvalue weighted by molar-refractivity contribution is 7.80. The van der Waals surface area contributed by atoms with E-state index in [-0.39, 0.29) is 21.3 Å². The van der Waals surface area contributed by atoms with Gasteiger partial charge in [-0.15, -0.1) is 0 Å². The average Bonchev–Trinajstić information content (AvgIpc) is 2.55. The molecule has 4 N–H and O–H groups in total. The maximum absolute atomic E-state index is 12.2. The molecule has 2 rings (SSSR count). The zero-order valence-electron chi connectivity index (χ0n) is 12.5.